The van der Waals surface area contributed by atoms with E-state index in [0.717, 1.165) is 16.2 Å². The number of nitrogens with two attached hydrogens (primary N) is 1. The zero-order valence-corrected chi connectivity index (χ0v) is 24.5. The van der Waals surface area contributed by atoms with Gasteiger partial charge in [0.05, 0.1) is 17.6 Å². The van der Waals surface area contributed by atoms with Gasteiger partial charge in [-0.05, 0) is 36.4 Å². The van der Waals surface area contributed by atoms with E-state index >= 15 is 0 Å². The van der Waals surface area contributed by atoms with Crippen LogP contribution in [0, 0.1) is 0 Å². The number of fused-ring (bicyclic) bond motifs is 3. The first kappa shape index (κ1) is 26.9. The third kappa shape index (κ3) is 5.13. The van der Waals surface area contributed by atoms with Crippen LogP contribution in [-0.4, -0.2) is 18.0 Å². The summed E-state index contributed by atoms with van der Waals surface area (Å²) in [6.07, 6.45) is 1.60. The molecule has 0 atom stereocenters. The maximum atomic E-state index is 12.0. The predicted octanol–water partition coefficient (Wildman–Crippen LogP) is 4.88. The molecule has 0 aliphatic carbocycles. The molecule has 7 nitrogen and oxygen atoms in total. The Bertz CT molecular complexity index is 1840. The van der Waals surface area contributed by atoms with Crippen LogP contribution >= 0.6 is 23.5 Å². The number of anilines is 1. The number of azo groups is 1. The second-order valence-electron chi connectivity index (χ2n) is 8.21. The molecule has 2 heterocycles. The fourth-order valence-corrected chi connectivity index (χ4v) is 7.22. The first-order valence-corrected chi connectivity index (χ1v) is 14.2. The molecule has 0 bridgehead atoms. The molecule has 6 rings (SSSR count). The van der Waals surface area contributed by atoms with E-state index in [-0.39, 0.29) is 47.3 Å². The maximum Gasteiger partial charge on any atom is 1.00 e. The molecule has 1 aliphatic rings. The monoisotopic (exact) mass is 566 g/mol. The van der Waals surface area contributed by atoms with Gasteiger partial charge in [-0.25, -0.2) is 0 Å². The molecule has 184 valence electrons. The predicted molar refractivity (Wildman–Crippen MR) is 148 cm³/mol. The standard InChI is InChI=1S/C27H18N4O3S3.Na.H/c28-26-18-7-2-1-6-17(18)25(37(32,33)34)14-21(26)31-30-16-12-13-20(29-15-16)19-8-5-11-24-27(19)36-23-10-4-3-9-22(23)35-24;;/h1-15H,28H2,(H,32,33,34);;/q;+1;-1. The Labute approximate surface area is 251 Å². The number of nitrogen functional groups attached to an aromatic ring is 1. The van der Waals surface area contributed by atoms with Gasteiger partial charge in [-0.3, -0.25) is 9.54 Å². The van der Waals surface area contributed by atoms with Gasteiger partial charge in [-0.1, -0.05) is 72.1 Å². The van der Waals surface area contributed by atoms with Crippen molar-refractivity contribution in [3.63, 3.8) is 0 Å². The molecule has 1 aromatic heterocycles. The Morgan fingerprint density at radius 2 is 1.50 bits per heavy atom. The molecule has 0 amide bonds. The van der Waals surface area contributed by atoms with Crippen LogP contribution < -0.4 is 35.3 Å². The molecule has 3 N–H and O–H groups in total. The van der Waals surface area contributed by atoms with E-state index in [2.05, 4.69) is 39.5 Å². The average Bonchev–Trinajstić information content (AvgIpc) is 2.91. The quantitative estimate of drug-likeness (QED) is 0.135. The first-order chi connectivity index (χ1) is 17.9. The van der Waals surface area contributed by atoms with E-state index < -0.39 is 10.1 Å². The molecule has 0 saturated heterocycles. The third-order valence-electron chi connectivity index (χ3n) is 5.86. The van der Waals surface area contributed by atoms with E-state index in [1.54, 1.807) is 60.1 Å². The molecule has 4 aromatic carbocycles. The Morgan fingerprint density at radius 3 is 2.21 bits per heavy atom. The van der Waals surface area contributed by atoms with E-state index in [1.165, 1.54) is 20.8 Å². The molecule has 0 unspecified atom stereocenters. The molecular formula is C27H19N4NaO3S3. The van der Waals surface area contributed by atoms with Crippen LogP contribution in [-0.2, 0) is 10.1 Å². The summed E-state index contributed by atoms with van der Waals surface area (Å²) >= 11 is 3.49. The number of benzene rings is 4. The summed E-state index contributed by atoms with van der Waals surface area (Å²) < 4.78 is 33.6. The van der Waals surface area contributed by atoms with Crippen molar-refractivity contribution in [2.75, 3.05) is 5.73 Å². The number of nitrogens with zero attached hydrogens (tertiary/aromatic N) is 3. The van der Waals surface area contributed by atoms with Crippen molar-refractivity contribution in [1.29, 1.82) is 0 Å². The van der Waals surface area contributed by atoms with Gasteiger partial charge in [-0.2, -0.15) is 8.42 Å². The second kappa shape index (κ2) is 10.8. The van der Waals surface area contributed by atoms with E-state index in [0.29, 0.717) is 16.5 Å². The van der Waals surface area contributed by atoms with Crippen LogP contribution in [0.4, 0.5) is 17.1 Å². The van der Waals surface area contributed by atoms with Gasteiger partial charge in [0.25, 0.3) is 10.1 Å². The summed E-state index contributed by atoms with van der Waals surface area (Å²) in [5.41, 5.74) is 8.96. The molecule has 11 heteroatoms. The number of aromatic nitrogens is 1. The summed E-state index contributed by atoms with van der Waals surface area (Å²) in [5, 5.41) is 9.17. The minimum Gasteiger partial charge on any atom is -1.00 e. The Balaban J connectivity index is 0.00000176. The molecule has 0 fully saturated rings. The third-order valence-corrected chi connectivity index (χ3v) is 9.37. The first-order valence-electron chi connectivity index (χ1n) is 11.1. The van der Waals surface area contributed by atoms with Crippen LogP contribution in [0.5, 0.6) is 0 Å². The van der Waals surface area contributed by atoms with Crippen LogP contribution in [0.15, 0.2) is 126 Å². The molecule has 1 aliphatic heterocycles. The van der Waals surface area contributed by atoms with Crippen LogP contribution in [0.2, 0.25) is 0 Å². The molecule has 0 radical (unpaired) electrons. The van der Waals surface area contributed by atoms with E-state index in [9.17, 15) is 13.0 Å². The zero-order chi connectivity index (χ0) is 25.6. The van der Waals surface area contributed by atoms with Crippen LogP contribution in [0.3, 0.4) is 0 Å². The van der Waals surface area contributed by atoms with Crippen LogP contribution in [0.1, 0.15) is 1.43 Å². The van der Waals surface area contributed by atoms with Crippen molar-refractivity contribution in [3.8, 4) is 11.3 Å². The fourth-order valence-electron chi connectivity index (χ4n) is 4.11. The van der Waals surface area contributed by atoms with Gasteiger partial charge in [0, 0.05) is 35.9 Å². The van der Waals surface area contributed by atoms with Gasteiger partial charge in [0.15, 0.2) is 0 Å². The normalized spacial score (nSPS) is 12.7. The average molecular weight is 567 g/mol. The zero-order valence-electron chi connectivity index (χ0n) is 21.1. The Hall–Kier alpha value is -2.70. The largest absolute Gasteiger partial charge is 1.00 e. The minimum absolute atomic E-state index is 0. The molecule has 5 aromatic rings. The Morgan fingerprint density at radius 1 is 0.816 bits per heavy atom. The summed E-state index contributed by atoms with van der Waals surface area (Å²) in [6, 6.07) is 26.1. The molecule has 0 spiro atoms. The van der Waals surface area contributed by atoms with Crippen molar-refractivity contribution in [2.24, 2.45) is 10.2 Å². The smallest absolute Gasteiger partial charge is 1.00 e. The second-order valence-corrected chi connectivity index (χ2v) is 11.7. The summed E-state index contributed by atoms with van der Waals surface area (Å²) in [4.78, 5) is 9.15. The van der Waals surface area contributed by atoms with Gasteiger partial charge >= 0.3 is 29.6 Å². The van der Waals surface area contributed by atoms with Crippen molar-refractivity contribution < 1.29 is 44.0 Å². The summed E-state index contributed by atoms with van der Waals surface area (Å²) in [7, 11) is -4.49. The molecule has 38 heavy (non-hydrogen) atoms. The minimum atomic E-state index is -4.49. The van der Waals surface area contributed by atoms with Crippen molar-refractivity contribution in [1.82, 2.24) is 4.98 Å². The number of hydrogen-bond donors (Lipinski definition) is 2. The summed E-state index contributed by atoms with van der Waals surface area (Å²) in [6.45, 7) is 0. The topological polar surface area (TPSA) is 118 Å². The van der Waals surface area contributed by atoms with Gasteiger partial charge in [-0.15, -0.1) is 10.2 Å². The maximum absolute atomic E-state index is 12.0. The SMILES string of the molecule is Nc1c(N=Nc2ccc(-c3cccc4c3Sc3ccccc3S4)nc2)cc(S(=O)(=O)O)c2ccccc12.[H-].[Na+]. The van der Waals surface area contributed by atoms with E-state index in [1.807, 2.05) is 24.3 Å². The molecule has 0 saturated carbocycles. The van der Waals surface area contributed by atoms with E-state index in [4.69, 9.17) is 5.73 Å². The van der Waals surface area contributed by atoms with Gasteiger partial charge in [0.2, 0.25) is 0 Å². The van der Waals surface area contributed by atoms with Crippen molar-refractivity contribution in [3.05, 3.63) is 91.1 Å². The summed E-state index contributed by atoms with van der Waals surface area (Å²) in [5.74, 6) is 0. The van der Waals surface area contributed by atoms with Crippen molar-refractivity contribution >= 4 is 61.5 Å². The van der Waals surface area contributed by atoms with Crippen molar-refractivity contribution in [2.45, 2.75) is 24.5 Å². The Kier molecular flexibility index (Phi) is 7.65. The fraction of sp³-hybridized carbons (Fsp3) is 0. The number of hydrogen-bond acceptors (Lipinski definition) is 8. The number of rotatable bonds is 4. The van der Waals surface area contributed by atoms with Gasteiger partial charge in [0.1, 0.15) is 16.3 Å². The van der Waals surface area contributed by atoms with Gasteiger partial charge < -0.3 is 7.16 Å². The molecular weight excluding hydrogens is 548 g/mol. The number of pyridine rings is 1. The van der Waals surface area contributed by atoms with Crippen LogP contribution in [0.25, 0.3) is 22.0 Å².